The minimum atomic E-state index is -0.204. The SMILES string of the molecule is COc1ccc(OCc2ccc(C(=O)Nc3sc4c(c3C#N)CC[C@H](C(C)(C)C)C4)cc2)cc1. The molecule has 6 heteroatoms. The summed E-state index contributed by atoms with van der Waals surface area (Å²) in [5.74, 6) is 1.91. The molecule has 176 valence electrons. The number of carbonyl (C=O) groups excluding carboxylic acids is 1. The molecule has 34 heavy (non-hydrogen) atoms. The van der Waals surface area contributed by atoms with Crippen molar-refractivity contribution in [2.75, 3.05) is 12.4 Å². The fourth-order valence-corrected chi connectivity index (χ4v) is 5.57. The van der Waals surface area contributed by atoms with Crippen LogP contribution in [0.2, 0.25) is 0 Å². The summed E-state index contributed by atoms with van der Waals surface area (Å²) >= 11 is 1.56. The maximum atomic E-state index is 12.9. The summed E-state index contributed by atoms with van der Waals surface area (Å²) in [6, 6.07) is 17.1. The monoisotopic (exact) mass is 474 g/mol. The van der Waals surface area contributed by atoms with E-state index >= 15 is 0 Å². The normalized spacial score (nSPS) is 15.2. The summed E-state index contributed by atoms with van der Waals surface area (Å²) in [7, 11) is 1.63. The standard InChI is InChI=1S/C28H30N2O3S/c1-28(2,3)20-9-14-23-24(16-29)27(34-25(23)15-20)30-26(31)19-7-5-18(6-8-19)17-33-22-12-10-21(32-4)11-13-22/h5-8,10-13,20H,9,14-15,17H2,1-4H3,(H,30,31)/t20-/m0/s1. The Hall–Kier alpha value is -3.30. The summed E-state index contributed by atoms with van der Waals surface area (Å²) in [4.78, 5) is 14.2. The van der Waals surface area contributed by atoms with Gasteiger partial charge in [-0.1, -0.05) is 32.9 Å². The average Bonchev–Trinajstić information content (AvgIpc) is 3.18. The Morgan fingerprint density at radius 3 is 2.41 bits per heavy atom. The van der Waals surface area contributed by atoms with Crippen LogP contribution in [0.3, 0.4) is 0 Å². The number of fused-ring (bicyclic) bond motifs is 1. The van der Waals surface area contributed by atoms with E-state index in [1.54, 1.807) is 30.6 Å². The van der Waals surface area contributed by atoms with E-state index in [1.807, 2.05) is 36.4 Å². The number of thiophene rings is 1. The number of hydrogen-bond acceptors (Lipinski definition) is 5. The molecule has 0 aliphatic heterocycles. The summed E-state index contributed by atoms with van der Waals surface area (Å²) in [5, 5.41) is 13.4. The van der Waals surface area contributed by atoms with Crippen molar-refractivity contribution in [3.8, 4) is 17.6 Å². The number of carbonyl (C=O) groups is 1. The Labute approximate surface area is 205 Å². The van der Waals surface area contributed by atoms with Crippen molar-refractivity contribution in [3.05, 3.63) is 75.7 Å². The number of ether oxygens (including phenoxy) is 2. The van der Waals surface area contributed by atoms with E-state index in [-0.39, 0.29) is 11.3 Å². The molecule has 5 nitrogen and oxygen atoms in total. The molecule has 0 saturated heterocycles. The first-order valence-electron chi connectivity index (χ1n) is 11.5. The van der Waals surface area contributed by atoms with Crippen LogP contribution in [0.5, 0.6) is 11.5 Å². The number of nitriles is 1. The fraction of sp³-hybridized carbons (Fsp3) is 0.357. The van der Waals surface area contributed by atoms with Crippen molar-refractivity contribution in [2.45, 2.75) is 46.6 Å². The third-order valence-electron chi connectivity index (χ3n) is 6.51. The highest BCUT2D eigenvalue weighted by Crippen LogP contribution is 2.44. The van der Waals surface area contributed by atoms with Crippen LogP contribution in [0.25, 0.3) is 0 Å². The Morgan fingerprint density at radius 1 is 1.12 bits per heavy atom. The van der Waals surface area contributed by atoms with E-state index in [0.717, 1.165) is 41.9 Å². The Kier molecular flexibility index (Phi) is 6.95. The zero-order valence-corrected chi connectivity index (χ0v) is 20.9. The first kappa shape index (κ1) is 23.8. The molecule has 4 rings (SSSR count). The molecule has 1 amide bonds. The van der Waals surface area contributed by atoms with E-state index in [2.05, 4.69) is 32.2 Å². The fourth-order valence-electron chi connectivity index (χ4n) is 4.30. The number of nitrogens with zero attached hydrogens (tertiary/aromatic N) is 1. The molecule has 3 aromatic rings. The van der Waals surface area contributed by atoms with Crippen molar-refractivity contribution < 1.29 is 14.3 Å². The maximum absolute atomic E-state index is 12.9. The van der Waals surface area contributed by atoms with Gasteiger partial charge in [0.05, 0.1) is 12.7 Å². The zero-order valence-electron chi connectivity index (χ0n) is 20.1. The van der Waals surface area contributed by atoms with E-state index < -0.39 is 0 Å². The molecular weight excluding hydrogens is 444 g/mol. The van der Waals surface area contributed by atoms with Gasteiger partial charge in [-0.3, -0.25) is 4.79 Å². The smallest absolute Gasteiger partial charge is 0.256 e. The summed E-state index contributed by atoms with van der Waals surface area (Å²) < 4.78 is 11.0. The second-order valence-electron chi connectivity index (χ2n) is 9.74. The molecule has 0 spiro atoms. The lowest BCUT2D eigenvalue weighted by Gasteiger charge is -2.33. The van der Waals surface area contributed by atoms with Crippen molar-refractivity contribution in [3.63, 3.8) is 0 Å². The van der Waals surface area contributed by atoms with Gasteiger partial charge >= 0.3 is 0 Å². The van der Waals surface area contributed by atoms with Crippen LogP contribution in [-0.4, -0.2) is 13.0 Å². The Morgan fingerprint density at radius 2 is 1.79 bits per heavy atom. The topological polar surface area (TPSA) is 71.3 Å². The largest absolute Gasteiger partial charge is 0.497 e. The third-order valence-corrected chi connectivity index (χ3v) is 7.68. The lowest BCUT2D eigenvalue weighted by molar-refractivity contribution is 0.102. The lowest BCUT2D eigenvalue weighted by atomic mass is 9.72. The highest BCUT2D eigenvalue weighted by atomic mass is 32.1. The van der Waals surface area contributed by atoms with Crippen molar-refractivity contribution >= 4 is 22.2 Å². The van der Waals surface area contributed by atoms with Gasteiger partial charge in [0.25, 0.3) is 5.91 Å². The second kappa shape index (κ2) is 9.90. The van der Waals surface area contributed by atoms with Crippen molar-refractivity contribution in [2.24, 2.45) is 11.3 Å². The second-order valence-corrected chi connectivity index (χ2v) is 10.8. The predicted octanol–water partition coefficient (Wildman–Crippen LogP) is 6.61. The van der Waals surface area contributed by atoms with E-state index in [0.29, 0.717) is 28.7 Å². The van der Waals surface area contributed by atoms with E-state index in [1.165, 1.54) is 4.88 Å². The zero-order chi connectivity index (χ0) is 24.3. The molecule has 1 aliphatic rings. The minimum absolute atomic E-state index is 0.204. The average molecular weight is 475 g/mol. The Bertz CT molecular complexity index is 1200. The summed E-state index contributed by atoms with van der Waals surface area (Å²) in [6.45, 7) is 7.22. The quantitative estimate of drug-likeness (QED) is 0.436. The predicted molar refractivity (Wildman–Crippen MR) is 136 cm³/mol. The van der Waals surface area contributed by atoms with Crippen molar-refractivity contribution in [1.29, 1.82) is 5.26 Å². The number of anilines is 1. The minimum Gasteiger partial charge on any atom is -0.497 e. The molecule has 0 bridgehead atoms. The number of methoxy groups -OCH3 is 1. The number of nitrogens with one attached hydrogen (secondary N) is 1. The maximum Gasteiger partial charge on any atom is 0.256 e. The molecule has 1 N–H and O–H groups in total. The van der Waals surface area contributed by atoms with Gasteiger partial charge in [0.1, 0.15) is 29.2 Å². The van der Waals surface area contributed by atoms with E-state index in [4.69, 9.17) is 9.47 Å². The van der Waals surface area contributed by atoms with Gasteiger partial charge in [-0.2, -0.15) is 5.26 Å². The summed E-state index contributed by atoms with van der Waals surface area (Å²) in [6.07, 6.45) is 2.95. The van der Waals surface area contributed by atoms with Gasteiger partial charge < -0.3 is 14.8 Å². The third kappa shape index (κ3) is 5.26. The summed E-state index contributed by atoms with van der Waals surface area (Å²) in [5.41, 5.74) is 3.50. The van der Waals surface area contributed by atoms with Gasteiger partial charge in [-0.15, -0.1) is 11.3 Å². The molecule has 0 fully saturated rings. The first-order chi connectivity index (χ1) is 16.3. The van der Waals surface area contributed by atoms with Crippen LogP contribution < -0.4 is 14.8 Å². The molecular formula is C28H30N2O3S. The Balaban J connectivity index is 1.41. The molecule has 0 radical (unpaired) electrons. The van der Waals surface area contributed by atoms with Crippen LogP contribution in [0.1, 0.15) is 59.1 Å². The van der Waals surface area contributed by atoms with Crippen LogP contribution in [0.4, 0.5) is 5.00 Å². The van der Waals surface area contributed by atoms with Crippen molar-refractivity contribution in [1.82, 2.24) is 0 Å². The first-order valence-corrected chi connectivity index (χ1v) is 12.3. The number of hydrogen-bond donors (Lipinski definition) is 1. The molecule has 2 aromatic carbocycles. The molecule has 1 aromatic heterocycles. The number of amides is 1. The molecule has 1 aliphatic carbocycles. The number of rotatable bonds is 6. The molecule has 0 saturated carbocycles. The van der Waals surface area contributed by atoms with Gasteiger partial charge in [0.15, 0.2) is 0 Å². The molecule has 0 unspecified atom stereocenters. The highest BCUT2D eigenvalue weighted by molar-refractivity contribution is 7.16. The van der Waals surface area contributed by atoms with Gasteiger partial charge in [-0.05, 0) is 78.1 Å². The molecule has 1 atom stereocenters. The van der Waals surface area contributed by atoms with Gasteiger partial charge in [-0.25, -0.2) is 0 Å². The van der Waals surface area contributed by atoms with Gasteiger partial charge in [0, 0.05) is 10.4 Å². The van der Waals surface area contributed by atoms with E-state index in [9.17, 15) is 10.1 Å². The number of benzene rings is 2. The molecule has 1 heterocycles. The van der Waals surface area contributed by atoms with Crippen LogP contribution in [0, 0.1) is 22.7 Å². The van der Waals surface area contributed by atoms with Crippen LogP contribution >= 0.6 is 11.3 Å². The van der Waals surface area contributed by atoms with Crippen LogP contribution in [-0.2, 0) is 19.4 Å². The lowest BCUT2D eigenvalue weighted by Crippen LogP contribution is -2.26. The van der Waals surface area contributed by atoms with Crippen LogP contribution in [0.15, 0.2) is 48.5 Å². The highest BCUT2D eigenvalue weighted by Gasteiger charge is 2.32. The van der Waals surface area contributed by atoms with Gasteiger partial charge in [0.2, 0.25) is 0 Å².